The summed E-state index contributed by atoms with van der Waals surface area (Å²) < 4.78 is 1.34. The van der Waals surface area contributed by atoms with Crippen LogP contribution < -0.4 is 16.2 Å². The van der Waals surface area contributed by atoms with Crippen LogP contribution in [0.2, 0.25) is 10.0 Å². The second-order valence-corrected chi connectivity index (χ2v) is 5.50. The largest absolute Gasteiger partial charge is 0.372 e. The zero-order valence-corrected chi connectivity index (χ0v) is 13.1. The number of nitrogens with zero attached hydrogens (tertiary/aromatic N) is 3. The molecule has 0 radical (unpaired) electrons. The average molecular weight is 327 g/mol. The normalized spacial score (nSPS) is 10.7. The van der Waals surface area contributed by atoms with Crippen LogP contribution in [0, 0.1) is 0 Å². The molecule has 0 aliphatic heterocycles. The Morgan fingerprint density at radius 2 is 2.10 bits per heavy atom. The summed E-state index contributed by atoms with van der Waals surface area (Å²) in [6, 6.07) is 6.66. The van der Waals surface area contributed by atoms with Crippen molar-refractivity contribution in [1.82, 2.24) is 9.78 Å². The maximum absolute atomic E-state index is 12.1. The van der Waals surface area contributed by atoms with Crippen molar-refractivity contribution in [1.29, 1.82) is 0 Å². The molecule has 0 unspecified atom stereocenters. The van der Waals surface area contributed by atoms with Gasteiger partial charge in [-0.3, -0.25) is 4.79 Å². The Balaban J connectivity index is 2.25. The van der Waals surface area contributed by atoms with Gasteiger partial charge in [0.05, 0.1) is 18.4 Å². The summed E-state index contributed by atoms with van der Waals surface area (Å²) in [4.78, 5) is 14.0. The van der Waals surface area contributed by atoms with Crippen LogP contribution in [0.25, 0.3) is 0 Å². The fourth-order valence-electron chi connectivity index (χ4n) is 1.90. The lowest BCUT2D eigenvalue weighted by atomic mass is 10.2. The van der Waals surface area contributed by atoms with Crippen LogP contribution in [0.5, 0.6) is 0 Å². The smallest absolute Gasteiger partial charge is 0.269 e. The first-order valence-electron chi connectivity index (χ1n) is 6.43. The molecule has 0 aliphatic carbocycles. The third kappa shape index (κ3) is 3.97. The van der Waals surface area contributed by atoms with E-state index in [1.165, 1.54) is 10.7 Å². The van der Waals surface area contributed by atoms with Crippen LogP contribution in [0.4, 0.5) is 5.69 Å². The lowest BCUT2D eigenvalue weighted by Crippen LogP contribution is -2.29. The molecule has 5 nitrogen and oxygen atoms in total. The number of likely N-dealkylation sites (N-methyl/N-ethyl adjacent to an activating group) is 1. The summed E-state index contributed by atoms with van der Waals surface area (Å²) in [7, 11) is 1.86. The maximum Gasteiger partial charge on any atom is 0.269 e. The van der Waals surface area contributed by atoms with Crippen LogP contribution in [-0.4, -0.2) is 29.9 Å². The zero-order chi connectivity index (χ0) is 15.4. The highest BCUT2D eigenvalue weighted by molar-refractivity contribution is 6.33. The maximum atomic E-state index is 12.1. The van der Waals surface area contributed by atoms with Crippen molar-refractivity contribution in [3.63, 3.8) is 0 Å². The molecule has 0 bridgehead atoms. The summed E-state index contributed by atoms with van der Waals surface area (Å²) in [6.07, 6.45) is 1.63. The van der Waals surface area contributed by atoms with Crippen LogP contribution in [0.3, 0.4) is 0 Å². The van der Waals surface area contributed by atoms with E-state index in [2.05, 4.69) is 5.10 Å². The number of anilines is 1. The molecule has 0 fully saturated rings. The van der Waals surface area contributed by atoms with Gasteiger partial charge in [0.15, 0.2) is 0 Å². The van der Waals surface area contributed by atoms with Gasteiger partial charge in [-0.25, -0.2) is 4.68 Å². The van der Waals surface area contributed by atoms with Gasteiger partial charge >= 0.3 is 0 Å². The van der Waals surface area contributed by atoms with Crippen molar-refractivity contribution in [3.05, 3.63) is 56.4 Å². The molecule has 1 heterocycles. The predicted molar refractivity (Wildman–Crippen MR) is 86.4 cm³/mol. The molecule has 0 aliphatic rings. The molecule has 0 atom stereocenters. The van der Waals surface area contributed by atoms with E-state index in [0.29, 0.717) is 23.1 Å². The van der Waals surface area contributed by atoms with Gasteiger partial charge < -0.3 is 10.6 Å². The third-order valence-electron chi connectivity index (χ3n) is 3.09. The second kappa shape index (κ2) is 6.93. The van der Waals surface area contributed by atoms with Gasteiger partial charge in [0, 0.05) is 36.2 Å². The summed E-state index contributed by atoms with van der Waals surface area (Å²) in [5.41, 5.74) is 6.78. The Morgan fingerprint density at radius 3 is 2.76 bits per heavy atom. The Hall–Kier alpha value is -1.56. The fourth-order valence-corrected chi connectivity index (χ4v) is 2.27. The minimum atomic E-state index is -0.201. The average Bonchev–Trinajstić information content (AvgIpc) is 2.45. The van der Waals surface area contributed by atoms with Gasteiger partial charge in [-0.1, -0.05) is 23.2 Å². The topological polar surface area (TPSA) is 64.2 Å². The first-order valence-corrected chi connectivity index (χ1v) is 7.19. The molecule has 1 aromatic heterocycles. The van der Waals surface area contributed by atoms with E-state index < -0.39 is 0 Å². The van der Waals surface area contributed by atoms with E-state index >= 15 is 0 Å². The Kier molecular flexibility index (Phi) is 5.22. The highest BCUT2D eigenvalue weighted by atomic mass is 35.5. The number of benzene rings is 1. The van der Waals surface area contributed by atoms with Crippen LogP contribution >= 0.6 is 23.2 Å². The first kappa shape index (κ1) is 15.8. The molecule has 2 aromatic rings. The molecule has 1 aromatic carbocycles. The van der Waals surface area contributed by atoms with Crippen molar-refractivity contribution >= 4 is 28.9 Å². The van der Waals surface area contributed by atoms with E-state index in [1.807, 2.05) is 11.9 Å². The molecule has 0 saturated heterocycles. The predicted octanol–water partition coefficient (Wildman–Crippen LogP) is 1.99. The van der Waals surface area contributed by atoms with E-state index in [-0.39, 0.29) is 12.1 Å². The van der Waals surface area contributed by atoms with Crippen LogP contribution in [0.1, 0.15) is 5.56 Å². The molecule has 0 spiro atoms. The summed E-state index contributed by atoms with van der Waals surface area (Å²) in [6.45, 7) is 1.45. The number of hydrogen-bond donors (Lipinski definition) is 1. The quantitative estimate of drug-likeness (QED) is 0.912. The number of halogens is 2. The molecule has 2 rings (SSSR count). The highest BCUT2D eigenvalue weighted by Crippen LogP contribution is 2.21. The molecule has 112 valence electrons. The van der Waals surface area contributed by atoms with Crippen molar-refractivity contribution in [2.75, 3.05) is 25.0 Å². The Labute approximate surface area is 132 Å². The molecular formula is C14H16Cl2N4O. The van der Waals surface area contributed by atoms with E-state index in [9.17, 15) is 4.79 Å². The standard InChI is InChI=1S/C14H16Cl2N4O/c1-19(5-4-17)12-7-14(21)20(18-8-12)9-10-6-11(15)2-3-13(10)16/h2-3,6-8H,4-5,9,17H2,1H3. The monoisotopic (exact) mass is 326 g/mol. The Bertz CT molecular complexity index is 687. The van der Waals surface area contributed by atoms with Gasteiger partial charge in [0.2, 0.25) is 0 Å². The lowest BCUT2D eigenvalue weighted by Gasteiger charge is -2.17. The summed E-state index contributed by atoms with van der Waals surface area (Å²) in [5, 5.41) is 5.29. The van der Waals surface area contributed by atoms with Gasteiger partial charge in [0.25, 0.3) is 5.56 Å². The van der Waals surface area contributed by atoms with Gasteiger partial charge in [0.1, 0.15) is 0 Å². The van der Waals surface area contributed by atoms with Gasteiger partial charge in [-0.05, 0) is 23.8 Å². The SMILES string of the molecule is CN(CCN)c1cnn(Cc2cc(Cl)ccc2Cl)c(=O)c1. The van der Waals surface area contributed by atoms with Crippen molar-refractivity contribution in [3.8, 4) is 0 Å². The number of nitrogens with two attached hydrogens (primary N) is 1. The van der Waals surface area contributed by atoms with E-state index in [0.717, 1.165) is 11.3 Å². The van der Waals surface area contributed by atoms with Gasteiger partial charge in [-0.2, -0.15) is 5.10 Å². The van der Waals surface area contributed by atoms with Gasteiger partial charge in [-0.15, -0.1) is 0 Å². The Morgan fingerprint density at radius 1 is 1.33 bits per heavy atom. The zero-order valence-electron chi connectivity index (χ0n) is 11.6. The minimum absolute atomic E-state index is 0.201. The molecule has 0 saturated carbocycles. The molecule has 0 amide bonds. The number of aromatic nitrogens is 2. The third-order valence-corrected chi connectivity index (χ3v) is 3.69. The summed E-state index contributed by atoms with van der Waals surface area (Å²) >= 11 is 12.0. The van der Waals surface area contributed by atoms with Crippen molar-refractivity contribution < 1.29 is 0 Å². The fraction of sp³-hybridized carbons (Fsp3) is 0.286. The summed E-state index contributed by atoms with van der Waals surface area (Å²) in [5.74, 6) is 0. The second-order valence-electron chi connectivity index (χ2n) is 4.66. The number of rotatable bonds is 5. The minimum Gasteiger partial charge on any atom is -0.372 e. The first-order chi connectivity index (χ1) is 10.0. The van der Waals surface area contributed by atoms with E-state index in [4.69, 9.17) is 28.9 Å². The lowest BCUT2D eigenvalue weighted by molar-refractivity contribution is 0.637. The highest BCUT2D eigenvalue weighted by Gasteiger charge is 2.07. The molecule has 21 heavy (non-hydrogen) atoms. The number of hydrogen-bond acceptors (Lipinski definition) is 4. The molecule has 7 heteroatoms. The van der Waals surface area contributed by atoms with Crippen LogP contribution in [0.15, 0.2) is 35.3 Å². The van der Waals surface area contributed by atoms with E-state index in [1.54, 1.807) is 24.4 Å². The van der Waals surface area contributed by atoms with Crippen molar-refractivity contribution in [2.24, 2.45) is 5.73 Å². The van der Waals surface area contributed by atoms with Crippen LogP contribution in [-0.2, 0) is 6.54 Å². The molecule has 2 N–H and O–H groups in total. The molecular weight excluding hydrogens is 311 g/mol. The van der Waals surface area contributed by atoms with Crippen molar-refractivity contribution in [2.45, 2.75) is 6.54 Å².